The van der Waals surface area contributed by atoms with Crippen LogP contribution in [-0.4, -0.2) is 84.2 Å². The lowest BCUT2D eigenvalue weighted by Crippen LogP contribution is -2.62. The first-order valence-electron chi connectivity index (χ1n) is 15.9. The number of alkyl halides is 3. The van der Waals surface area contributed by atoms with Gasteiger partial charge in [0.2, 0.25) is 17.6 Å². The van der Waals surface area contributed by atoms with Crippen LogP contribution in [0.3, 0.4) is 0 Å². The summed E-state index contributed by atoms with van der Waals surface area (Å²) >= 11 is 0. The van der Waals surface area contributed by atoms with E-state index in [0.29, 0.717) is 0 Å². The minimum absolute atomic E-state index is 0.0238. The van der Waals surface area contributed by atoms with Crippen molar-refractivity contribution in [3.63, 3.8) is 0 Å². The highest BCUT2D eigenvalue weighted by Crippen LogP contribution is 2.65. The molecule has 0 spiro atoms. The van der Waals surface area contributed by atoms with Crippen molar-refractivity contribution in [1.82, 2.24) is 26.2 Å². The lowest BCUT2D eigenvalue weighted by Gasteiger charge is -2.38. The topological polar surface area (TPSA) is 154 Å². The average molecular weight is 642 g/mol. The van der Waals surface area contributed by atoms with Crippen molar-refractivity contribution in [2.45, 2.75) is 104 Å². The SMILES string of the molecule is CC(C)(C)[C@H](NC(=O)N[C@H](C(=O)C1CC1)C1CCCCC1)C(=O)N1C[C@H]2[C@@H]([C@H]1C(=O)NCC(=O)C(=O)NCC(F)(F)F)C2(C)C. The van der Waals surface area contributed by atoms with Crippen molar-refractivity contribution in [2.24, 2.45) is 34.5 Å². The third-order valence-electron chi connectivity index (χ3n) is 9.97. The summed E-state index contributed by atoms with van der Waals surface area (Å²) < 4.78 is 37.2. The number of nitrogens with zero attached hydrogens (tertiary/aromatic N) is 1. The van der Waals surface area contributed by atoms with Crippen molar-refractivity contribution in [2.75, 3.05) is 19.6 Å². The van der Waals surface area contributed by atoms with E-state index in [9.17, 15) is 41.9 Å². The molecule has 5 amide bonds. The molecule has 3 aliphatic carbocycles. The first-order chi connectivity index (χ1) is 20.8. The van der Waals surface area contributed by atoms with Crippen LogP contribution in [0.5, 0.6) is 0 Å². The van der Waals surface area contributed by atoms with Crippen LogP contribution in [0, 0.1) is 34.5 Å². The van der Waals surface area contributed by atoms with Gasteiger partial charge < -0.3 is 26.2 Å². The monoisotopic (exact) mass is 641 g/mol. The third-order valence-corrected chi connectivity index (χ3v) is 9.97. The maximum atomic E-state index is 14.1. The van der Waals surface area contributed by atoms with Gasteiger partial charge in [0, 0.05) is 12.5 Å². The van der Waals surface area contributed by atoms with Gasteiger partial charge in [-0.2, -0.15) is 13.2 Å². The van der Waals surface area contributed by atoms with Gasteiger partial charge >= 0.3 is 12.2 Å². The molecule has 1 saturated heterocycles. The van der Waals surface area contributed by atoms with Gasteiger partial charge in [-0.3, -0.25) is 24.0 Å². The van der Waals surface area contributed by atoms with Crippen molar-refractivity contribution < 1.29 is 41.9 Å². The summed E-state index contributed by atoms with van der Waals surface area (Å²) in [7, 11) is 0. The van der Waals surface area contributed by atoms with Gasteiger partial charge in [-0.15, -0.1) is 0 Å². The zero-order chi connectivity index (χ0) is 33.5. The number of rotatable bonds is 11. The smallest absolute Gasteiger partial charge is 0.347 e. The molecule has 45 heavy (non-hydrogen) atoms. The van der Waals surface area contributed by atoms with Gasteiger partial charge in [0.15, 0.2) is 5.78 Å². The summed E-state index contributed by atoms with van der Waals surface area (Å²) in [6.45, 7) is 6.95. The Bertz CT molecular complexity index is 1200. The molecule has 11 nitrogen and oxygen atoms in total. The number of fused-ring (bicyclic) bond motifs is 1. The lowest BCUT2D eigenvalue weighted by atomic mass is 9.81. The van der Waals surface area contributed by atoms with E-state index in [0.717, 1.165) is 44.9 Å². The molecule has 0 aromatic carbocycles. The van der Waals surface area contributed by atoms with Crippen LogP contribution in [0.1, 0.15) is 79.6 Å². The van der Waals surface area contributed by atoms with Crippen LogP contribution in [0.25, 0.3) is 0 Å². The predicted octanol–water partition coefficient (Wildman–Crippen LogP) is 2.48. The molecule has 0 aromatic heterocycles. The Morgan fingerprint density at radius 3 is 2.07 bits per heavy atom. The molecule has 0 aromatic rings. The Morgan fingerprint density at radius 1 is 0.889 bits per heavy atom. The first kappa shape index (κ1) is 34.7. The minimum Gasteiger partial charge on any atom is -0.347 e. The Kier molecular flexibility index (Phi) is 9.94. The van der Waals surface area contributed by atoms with Gasteiger partial charge in [0.1, 0.15) is 18.6 Å². The molecule has 3 saturated carbocycles. The summed E-state index contributed by atoms with van der Waals surface area (Å²) in [5.41, 5.74) is -1.07. The van der Waals surface area contributed by atoms with Gasteiger partial charge in [-0.1, -0.05) is 53.9 Å². The van der Waals surface area contributed by atoms with Crippen LogP contribution in [0.15, 0.2) is 0 Å². The van der Waals surface area contributed by atoms with E-state index in [1.807, 2.05) is 13.8 Å². The van der Waals surface area contributed by atoms with E-state index < -0.39 is 72.3 Å². The third kappa shape index (κ3) is 8.16. The maximum absolute atomic E-state index is 14.1. The lowest BCUT2D eigenvalue weighted by molar-refractivity contribution is -0.146. The standard InChI is InChI=1S/C31H46F3N5O6/c1-29(2,3)24(38-28(45)37-21(23(41)17-11-12-17)16-9-7-6-8-10-16)27(44)39-14-18-20(30(18,4)5)22(39)26(43)35-13-19(40)25(42)36-15-31(32,33)34/h16-18,20-22,24H,6-15H2,1-5H3,(H,35,43)(H,36,42)(H2,37,38,45)/t18-,20-,21-,22-,24+/m0/s1. The van der Waals surface area contributed by atoms with Crippen molar-refractivity contribution >= 4 is 35.3 Å². The molecule has 5 atom stereocenters. The van der Waals surface area contributed by atoms with Crippen LogP contribution >= 0.6 is 0 Å². The molecular formula is C31H46F3N5O6. The molecule has 4 rings (SSSR count). The molecule has 0 unspecified atom stereocenters. The van der Waals surface area contributed by atoms with Crippen LogP contribution in [0.2, 0.25) is 0 Å². The normalized spacial score (nSPS) is 25.8. The summed E-state index contributed by atoms with van der Waals surface area (Å²) in [6, 6.07) is -3.33. The second-order valence-electron chi connectivity index (χ2n) is 14.8. The zero-order valence-corrected chi connectivity index (χ0v) is 26.6. The van der Waals surface area contributed by atoms with E-state index in [4.69, 9.17) is 0 Å². The number of hydrogen-bond donors (Lipinski definition) is 4. The number of amides is 5. The molecule has 252 valence electrons. The number of ketones is 2. The van der Waals surface area contributed by atoms with Gasteiger partial charge in [0.05, 0.1) is 12.6 Å². The fraction of sp³-hybridized carbons (Fsp3) is 0.806. The van der Waals surface area contributed by atoms with Crippen LogP contribution in [0.4, 0.5) is 18.0 Å². The number of carbonyl (C=O) groups is 6. The quantitative estimate of drug-likeness (QED) is 0.254. The van der Waals surface area contributed by atoms with E-state index in [1.54, 1.807) is 20.8 Å². The Balaban J connectivity index is 1.44. The van der Waals surface area contributed by atoms with Crippen LogP contribution in [-0.2, 0) is 24.0 Å². The average Bonchev–Trinajstić information content (AvgIpc) is 3.84. The second-order valence-corrected chi connectivity index (χ2v) is 14.8. The molecule has 4 N–H and O–H groups in total. The van der Waals surface area contributed by atoms with Crippen LogP contribution < -0.4 is 21.3 Å². The maximum Gasteiger partial charge on any atom is 0.405 e. The molecule has 1 aliphatic heterocycles. The molecule has 14 heteroatoms. The summed E-state index contributed by atoms with van der Waals surface area (Å²) in [5.74, 6) is -4.18. The van der Waals surface area contributed by atoms with Crippen molar-refractivity contribution in [3.8, 4) is 0 Å². The fourth-order valence-electron chi connectivity index (χ4n) is 7.08. The Hall–Kier alpha value is -3.19. The van der Waals surface area contributed by atoms with Gasteiger partial charge in [0.25, 0.3) is 5.91 Å². The van der Waals surface area contributed by atoms with E-state index in [2.05, 4.69) is 16.0 Å². The number of nitrogens with one attached hydrogen (secondary N) is 4. The molecular weight excluding hydrogens is 595 g/mol. The molecule has 0 radical (unpaired) electrons. The number of urea groups is 1. The molecule has 4 aliphatic rings. The highest BCUT2D eigenvalue weighted by molar-refractivity contribution is 6.37. The van der Waals surface area contributed by atoms with E-state index >= 15 is 0 Å². The number of Topliss-reactive ketones (excluding diaryl/α,β-unsaturated/α-hetero) is 2. The highest BCUT2D eigenvalue weighted by Gasteiger charge is 2.69. The summed E-state index contributed by atoms with van der Waals surface area (Å²) in [6.07, 6.45) is 1.70. The van der Waals surface area contributed by atoms with Crippen molar-refractivity contribution in [3.05, 3.63) is 0 Å². The Labute approximate surface area is 261 Å². The number of piperidine rings is 1. The van der Waals surface area contributed by atoms with Gasteiger partial charge in [-0.25, -0.2) is 4.79 Å². The van der Waals surface area contributed by atoms with E-state index in [1.165, 1.54) is 10.2 Å². The minimum atomic E-state index is -4.70. The van der Waals surface area contributed by atoms with E-state index in [-0.39, 0.29) is 41.4 Å². The highest BCUT2D eigenvalue weighted by atomic mass is 19.4. The molecule has 1 heterocycles. The first-order valence-corrected chi connectivity index (χ1v) is 15.9. The summed E-state index contributed by atoms with van der Waals surface area (Å²) in [5, 5.41) is 9.49. The number of carbonyl (C=O) groups excluding carboxylic acids is 6. The number of halogens is 3. The van der Waals surface area contributed by atoms with Gasteiger partial charge in [-0.05, 0) is 54.3 Å². The number of likely N-dealkylation sites (tertiary alicyclic amines) is 1. The molecule has 0 bridgehead atoms. The fourth-order valence-corrected chi connectivity index (χ4v) is 7.08. The largest absolute Gasteiger partial charge is 0.405 e. The summed E-state index contributed by atoms with van der Waals surface area (Å²) in [4.78, 5) is 79.3. The Morgan fingerprint density at radius 2 is 1.51 bits per heavy atom. The molecule has 4 fully saturated rings. The van der Waals surface area contributed by atoms with Crippen molar-refractivity contribution in [1.29, 1.82) is 0 Å². The predicted molar refractivity (Wildman–Crippen MR) is 156 cm³/mol. The number of hydrogen-bond acceptors (Lipinski definition) is 6. The second kappa shape index (κ2) is 12.9. The zero-order valence-electron chi connectivity index (χ0n) is 26.6.